The molecule has 0 fully saturated rings. The molecule has 0 unspecified atom stereocenters. The van der Waals surface area contributed by atoms with Crippen LogP contribution in [-0.2, 0) is 4.79 Å². The molecule has 0 atom stereocenters. The van der Waals surface area contributed by atoms with Gasteiger partial charge in [0.05, 0.1) is 4.92 Å². The van der Waals surface area contributed by atoms with Crippen LogP contribution in [0.15, 0.2) is 30.3 Å². The van der Waals surface area contributed by atoms with Gasteiger partial charge in [0.2, 0.25) is 5.75 Å². The molecule has 0 aromatic heterocycles. The lowest BCUT2D eigenvalue weighted by Crippen LogP contribution is -2.01. The van der Waals surface area contributed by atoms with Crippen LogP contribution in [0, 0.1) is 10.1 Å². The molecule has 92 valence electrons. The summed E-state index contributed by atoms with van der Waals surface area (Å²) >= 11 is 0. The van der Waals surface area contributed by atoms with Crippen molar-refractivity contribution in [2.75, 3.05) is 0 Å². The summed E-state index contributed by atoms with van der Waals surface area (Å²) in [6, 6.07) is 7.22. The number of hydrogen-bond donors (Lipinski definition) is 1. The Hall–Kier alpha value is -2.63. The second-order valence-corrected chi connectivity index (χ2v) is 3.64. The molecule has 0 radical (unpaired) electrons. The summed E-state index contributed by atoms with van der Waals surface area (Å²) in [4.78, 5) is 20.9. The average molecular weight is 247 g/mol. The average Bonchev–Trinajstić information content (AvgIpc) is 2.29. The zero-order valence-corrected chi connectivity index (χ0v) is 9.41. The van der Waals surface area contributed by atoms with Crippen LogP contribution in [0.5, 0.6) is 11.5 Å². The summed E-state index contributed by atoms with van der Waals surface area (Å²) in [5, 5.41) is 21.2. The molecule has 1 N–H and O–H groups in total. The highest BCUT2D eigenvalue weighted by Crippen LogP contribution is 2.37. The third-order valence-corrected chi connectivity index (χ3v) is 2.42. The van der Waals surface area contributed by atoms with Crippen molar-refractivity contribution in [3.8, 4) is 11.5 Å². The highest BCUT2D eigenvalue weighted by atomic mass is 16.6. The van der Waals surface area contributed by atoms with Gasteiger partial charge in [0, 0.05) is 23.8 Å². The van der Waals surface area contributed by atoms with Crippen molar-refractivity contribution in [2.45, 2.75) is 6.92 Å². The Labute approximate surface area is 102 Å². The van der Waals surface area contributed by atoms with Gasteiger partial charge < -0.3 is 9.84 Å². The lowest BCUT2D eigenvalue weighted by molar-refractivity contribution is -0.385. The van der Waals surface area contributed by atoms with Crippen molar-refractivity contribution in [3.05, 3.63) is 40.4 Å². The van der Waals surface area contributed by atoms with E-state index in [1.54, 1.807) is 12.1 Å². The zero-order chi connectivity index (χ0) is 13.3. The number of nitrogens with zero attached hydrogens (tertiary/aromatic N) is 1. The van der Waals surface area contributed by atoms with Gasteiger partial charge in [-0.25, -0.2) is 0 Å². The summed E-state index contributed by atoms with van der Waals surface area (Å²) in [5.74, 6) is -0.683. The third kappa shape index (κ3) is 1.95. The number of fused-ring (bicyclic) bond motifs is 1. The Kier molecular flexibility index (Phi) is 2.85. The van der Waals surface area contributed by atoms with E-state index in [-0.39, 0.29) is 16.8 Å². The number of esters is 1. The van der Waals surface area contributed by atoms with E-state index in [1.165, 1.54) is 25.1 Å². The summed E-state index contributed by atoms with van der Waals surface area (Å²) < 4.78 is 4.96. The standard InChI is InChI=1S/C12H9NO5/c1-7(14)18-11-4-2-3-9-8(11)5-6-10(12(9)15)13(16)17/h2-6,15H,1H3. The predicted molar refractivity (Wildman–Crippen MR) is 63.6 cm³/mol. The lowest BCUT2D eigenvalue weighted by atomic mass is 10.1. The molecule has 2 aromatic rings. The lowest BCUT2D eigenvalue weighted by Gasteiger charge is -2.07. The van der Waals surface area contributed by atoms with E-state index in [9.17, 15) is 20.0 Å². The maximum atomic E-state index is 10.9. The number of hydrogen-bond acceptors (Lipinski definition) is 5. The first kappa shape index (κ1) is 11.8. The van der Waals surface area contributed by atoms with Gasteiger partial charge in [0.25, 0.3) is 0 Å². The number of nitro groups is 1. The molecule has 0 bridgehead atoms. The van der Waals surface area contributed by atoms with Crippen molar-refractivity contribution in [2.24, 2.45) is 0 Å². The number of phenolic OH excluding ortho intramolecular Hbond substituents is 1. The van der Waals surface area contributed by atoms with E-state index in [0.717, 1.165) is 0 Å². The number of carbonyl (C=O) groups excluding carboxylic acids is 1. The normalized spacial score (nSPS) is 10.3. The fourth-order valence-electron chi connectivity index (χ4n) is 1.69. The summed E-state index contributed by atoms with van der Waals surface area (Å²) in [6.07, 6.45) is 0. The van der Waals surface area contributed by atoms with Crippen molar-refractivity contribution < 1.29 is 19.6 Å². The van der Waals surface area contributed by atoms with Crippen molar-refractivity contribution >= 4 is 22.4 Å². The minimum absolute atomic E-state index is 0.255. The maximum absolute atomic E-state index is 10.9. The van der Waals surface area contributed by atoms with E-state index in [1.807, 2.05) is 0 Å². The van der Waals surface area contributed by atoms with Crippen LogP contribution in [-0.4, -0.2) is 16.0 Å². The Morgan fingerprint density at radius 2 is 2.00 bits per heavy atom. The van der Waals surface area contributed by atoms with Crippen LogP contribution in [0.3, 0.4) is 0 Å². The van der Waals surface area contributed by atoms with E-state index >= 15 is 0 Å². The molecule has 0 spiro atoms. The van der Waals surface area contributed by atoms with Crippen LogP contribution >= 0.6 is 0 Å². The van der Waals surface area contributed by atoms with Crippen molar-refractivity contribution in [3.63, 3.8) is 0 Å². The molecule has 0 aliphatic heterocycles. The van der Waals surface area contributed by atoms with Gasteiger partial charge >= 0.3 is 11.7 Å². The molecule has 0 heterocycles. The SMILES string of the molecule is CC(=O)Oc1cccc2c(O)c([N+](=O)[O-])ccc12. The number of carbonyl (C=O) groups is 1. The van der Waals surface area contributed by atoms with Gasteiger partial charge in [0.1, 0.15) is 5.75 Å². The Morgan fingerprint density at radius 3 is 2.61 bits per heavy atom. The molecule has 2 aromatic carbocycles. The Morgan fingerprint density at radius 1 is 1.28 bits per heavy atom. The molecule has 18 heavy (non-hydrogen) atoms. The first-order valence-corrected chi connectivity index (χ1v) is 5.08. The monoisotopic (exact) mass is 247 g/mol. The minimum Gasteiger partial charge on any atom is -0.502 e. The molecule has 0 amide bonds. The molecule has 0 aliphatic rings. The molecular weight excluding hydrogens is 238 g/mol. The van der Waals surface area contributed by atoms with Gasteiger partial charge in [0.15, 0.2) is 0 Å². The number of rotatable bonds is 2. The van der Waals surface area contributed by atoms with Crippen molar-refractivity contribution in [1.82, 2.24) is 0 Å². The van der Waals surface area contributed by atoms with Gasteiger partial charge in [-0.1, -0.05) is 12.1 Å². The second-order valence-electron chi connectivity index (χ2n) is 3.64. The molecule has 6 nitrogen and oxygen atoms in total. The summed E-state index contributed by atoms with van der Waals surface area (Å²) in [6.45, 7) is 1.25. The Bertz CT molecular complexity index is 650. The third-order valence-electron chi connectivity index (χ3n) is 2.42. The van der Waals surface area contributed by atoms with Gasteiger partial charge in [-0.15, -0.1) is 0 Å². The predicted octanol–water partition coefficient (Wildman–Crippen LogP) is 2.38. The summed E-state index contributed by atoms with van der Waals surface area (Å²) in [5.41, 5.74) is -0.387. The van der Waals surface area contributed by atoms with Crippen LogP contribution in [0.4, 0.5) is 5.69 Å². The number of benzene rings is 2. The van der Waals surface area contributed by atoms with E-state index in [4.69, 9.17) is 4.74 Å². The van der Waals surface area contributed by atoms with E-state index < -0.39 is 16.6 Å². The largest absolute Gasteiger partial charge is 0.502 e. The smallest absolute Gasteiger partial charge is 0.311 e. The molecule has 2 rings (SSSR count). The van der Waals surface area contributed by atoms with E-state index in [2.05, 4.69) is 0 Å². The van der Waals surface area contributed by atoms with Gasteiger partial charge in [-0.2, -0.15) is 0 Å². The molecular formula is C12H9NO5. The molecule has 0 saturated carbocycles. The molecule has 0 saturated heterocycles. The fourth-order valence-corrected chi connectivity index (χ4v) is 1.69. The number of ether oxygens (including phenoxy) is 1. The second kappa shape index (κ2) is 4.33. The molecule has 0 aliphatic carbocycles. The highest BCUT2D eigenvalue weighted by Gasteiger charge is 2.17. The first-order chi connectivity index (χ1) is 8.50. The van der Waals surface area contributed by atoms with Crippen molar-refractivity contribution in [1.29, 1.82) is 0 Å². The maximum Gasteiger partial charge on any atom is 0.311 e. The molecule has 6 heteroatoms. The Balaban J connectivity index is 2.70. The number of aromatic hydroxyl groups is 1. The van der Waals surface area contributed by atoms with E-state index in [0.29, 0.717) is 5.39 Å². The van der Waals surface area contributed by atoms with Gasteiger partial charge in [-0.05, 0) is 12.1 Å². The van der Waals surface area contributed by atoms with Crippen LogP contribution < -0.4 is 4.74 Å². The highest BCUT2D eigenvalue weighted by molar-refractivity contribution is 5.96. The topological polar surface area (TPSA) is 89.7 Å². The minimum atomic E-state index is -0.673. The number of phenols is 1. The van der Waals surface area contributed by atoms with Crippen LogP contribution in [0.1, 0.15) is 6.92 Å². The fraction of sp³-hybridized carbons (Fsp3) is 0.0833. The zero-order valence-electron chi connectivity index (χ0n) is 9.41. The quantitative estimate of drug-likeness (QED) is 0.381. The van der Waals surface area contributed by atoms with Crippen LogP contribution in [0.2, 0.25) is 0 Å². The van der Waals surface area contributed by atoms with Gasteiger partial charge in [-0.3, -0.25) is 14.9 Å². The first-order valence-electron chi connectivity index (χ1n) is 5.08. The number of nitro benzene ring substituents is 1. The summed E-state index contributed by atoms with van der Waals surface area (Å²) in [7, 11) is 0. The van der Waals surface area contributed by atoms with Crippen LogP contribution in [0.25, 0.3) is 10.8 Å².